The summed E-state index contributed by atoms with van der Waals surface area (Å²) in [5.41, 5.74) is 0.449. The number of carbonyl (C=O) groups is 1. The van der Waals surface area contributed by atoms with Gasteiger partial charge in [0.2, 0.25) is 0 Å². The molecule has 0 aromatic heterocycles. The van der Waals surface area contributed by atoms with Crippen molar-refractivity contribution in [1.82, 2.24) is 0 Å². The second-order valence-electron chi connectivity index (χ2n) is 2.69. The van der Waals surface area contributed by atoms with Gasteiger partial charge in [-0.05, 0) is 12.1 Å². The number of halogens is 4. The highest BCUT2D eigenvalue weighted by molar-refractivity contribution is 6.50. The van der Waals surface area contributed by atoms with Crippen molar-refractivity contribution in [3.05, 3.63) is 33.3 Å². The predicted octanol–water partition coefficient (Wildman–Crippen LogP) is 3.75. The molecule has 2 rings (SSSR count). The van der Waals surface area contributed by atoms with Crippen molar-refractivity contribution in [3.8, 4) is 0 Å². The highest BCUT2D eigenvalue weighted by atomic mass is 35.5. The highest BCUT2D eigenvalue weighted by Gasteiger charge is 2.44. The number of hydrogen-bond donors (Lipinski definition) is 0. The Labute approximate surface area is 99.6 Å². The van der Waals surface area contributed by atoms with Crippen LogP contribution in [-0.4, -0.2) is 5.97 Å². The van der Waals surface area contributed by atoms with Gasteiger partial charge in [0.15, 0.2) is 0 Å². The first kappa shape index (κ1) is 10.4. The van der Waals surface area contributed by atoms with Gasteiger partial charge in [-0.1, -0.05) is 46.4 Å². The summed E-state index contributed by atoms with van der Waals surface area (Å²) in [6, 6.07) is 3.01. The molecule has 2 nitrogen and oxygen atoms in total. The second-order valence-corrected chi connectivity index (χ2v) is 4.73. The molecule has 74 valence electrons. The van der Waals surface area contributed by atoms with E-state index in [4.69, 9.17) is 51.1 Å². The van der Waals surface area contributed by atoms with Gasteiger partial charge < -0.3 is 4.74 Å². The zero-order valence-corrected chi connectivity index (χ0v) is 9.51. The molecule has 6 heteroatoms. The van der Waals surface area contributed by atoms with Crippen LogP contribution in [0.15, 0.2) is 12.1 Å². The van der Waals surface area contributed by atoms with Crippen LogP contribution < -0.4 is 0 Å². The van der Waals surface area contributed by atoms with E-state index in [0.717, 1.165) is 0 Å². The Kier molecular flexibility index (Phi) is 2.35. The van der Waals surface area contributed by atoms with Crippen molar-refractivity contribution < 1.29 is 9.53 Å². The topological polar surface area (TPSA) is 26.3 Å². The van der Waals surface area contributed by atoms with E-state index in [-0.39, 0.29) is 15.6 Å². The third-order valence-electron chi connectivity index (χ3n) is 1.83. The first-order valence-corrected chi connectivity index (χ1v) is 5.04. The molecule has 0 fully saturated rings. The van der Waals surface area contributed by atoms with Crippen molar-refractivity contribution in [1.29, 1.82) is 0 Å². The van der Waals surface area contributed by atoms with E-state index in [1.165, 1.54) is 12.1 Å². The summed E-state index contributed by atoms with van der Waals surface area (Å²) in [5.74, 6) is -0.669. The van der Waals surface area contributed by atoms with Gasteiger partial charge in [0.25, 0.3) is 4.52 Å². The molecular weight excluding hydrogens is 270 g/mol. The maximum atomic E-state index is 11.3. The maximum Gasteiger partial charge on any atom is 0.343 e. The second kappa shape index (κ2) is 3.17. The van der Waals surface area contributed by atoms with Gasteiger partial charge in [0.1, 0.15) is 0 Å². The lowest BCUT2D eigenvalue weighted by Gasteiger charge is -2.11. The average Bonchev–Trinajstić information content (AvgIpc) is 2.29. The van der Waals surface area contributed by atoms with Crippen LogP contribution in [0.5, 0.6) is 0 Å². The molecule has 0 saturated heterocycles. The van der Waals surface area contributed by atoms with E-state index in [1.807, 2.05) is 0 Å². The lowest BCUT2D eigenvalue weighted by atomic mass is 10.1. The SMILES string of the molecule is O=C1OC(Cl)(Cl)c2ccc(Cl)c(Cl)c21. The van der Waals surface area contributed by atoms with Crippen LogP contribution in [0.3, 0.4) is 0 Å². The Morgan fingerprint density at radius 3 is 2.50 bits per heavy atom. The average molecular weight is 272 g/mol. The lowest BCUT2D eigenvalue weighted by molar-refractivity contribution is 0.0448. The number of hydrogen-bond acceptors (Lipinski definition) is 2. The fourth-order valence-corrected chi connectivity index (χ4v) is 2.07. The van der Waals surface area contributed by atoms with Crippen LogP contribution in [0.1, 0.15) is 15.9 Å². The van der Waals surface area contributed by atoms with Crippen molar-refractivity contribution >= 4 is 52.4 Å². The molecule has 0 N–H and O–H groups in total. The number of esters is 1. The predicted molar refractivity (Wildman–Crippen MR) is 55.3 cm³/mol. The van der Waals surface area contributed by atoms with E-state index in [9.17, 15) is 4.79 Å². The maximum absolute atomic E-state index is 11.3. The minimum Gasteiger partial charge on any atom is -0.421 e. The minimum absolute atomic E-state index is 0.109. The number of rotatable bonds is 0. The molecule has 1 aromatic rings. The Balaban J connectivity index is 2.75. The van der Waals surface area contributed by atoms with Gasteiger partial charge in [-0.15, -0.1) is 0 Å². The summed E-state index contributed by atoms with van der Waals surface area (Å²) >= 11 is 23.0. The Morgan fingerprint density at radius 2 is 1.86 bits per heavy atom. The minimum atomic E-state index is -1.67. The van der Waals surface area contributed by atoms with Gasteiger partial charge in [-0.3, -0.25) is 0 Å². The molecule has 0 spiro atoms. The molecule has 0 amide bonds. The smallest absolute Gasteiger partial charge is 0.343 e. The van der Waals surface area contributed by atoms with Gasteiger partial charge in [-0.25, -0.2) is 4.79 Å². The van der Waals surface area contributed by atoms with Gasteiger partial charge in [-0.2, -0.15) is 0 Å². The molecule has 1 aliphatic heterocycles. The Hall–Kier alpha value is -0.150. The number of fused-ring (bicyclic) bond motifs is 1. The first-order chi connectivity index (χ1) is 6.43. The van der Waals surface area contributed by atoms with Crippen molar-refractivity contribution in [3.63, 3.8) is 0 Å². The fourth-order valence-electron chi connectivity index (χ4n) is 1.22. The number of cyclic esters (lactones) is 1. The summed E-state index contributed by atoms with van der Waals surface area (Å²) in [4.78, 5) is 11.3. The third-order valence-corrected chi connectivity index (χ3v) is 3.20. The number of ether oxygens (including phenoxy) is 1. The molecule has 1 aliphatic rings. The quantitative estimate of drug-likeness (QED) is 0.531. The van der Waals surface area contributed by atoms with Crippen LogP contribution in [0, 0.1) is 0 Å². The Morgan fingerprint density at radius 1 is 1.21 bits per heavy atom. The van der Waals surface area contributed by atoms with Gasteiger partial charge >= 0.3 is 5.97 Å². The molecule has 0 unspecified atom stereocenters. The summed E-state index contributed by atoms with van der Waals surface area (Å²) in [6.45, 7) is 0. The zero-order valence-electron chi connectivity index (χ0n) is 6.48. The lowest BCUT2D eigenvalue weighted by Crippen LogP contribution is -2.08. The van der Waals surface area contributed by atoms with E-state index in [1.54, 1.807) is 0 Å². The van der Waals surface area contributed by atoms with Gasteiger partial charge in [0.05, 0.1) is 15.6 Å². The monoisotopic (exact) mass is 270 g/mol. The number of alkyl halides is 2. The molecule has 0 aliphatic carbocycles. The molecule has 0 atom stereocenters. The van der Waals surface area contributed by atoms with Crippen molar-refractivity contribution in [2.45, 2.75) is 4.52 Å². The first-order valence-electron chi connectivity index (χ1n) is 3.53. The van der Waals surface area contributed by atoms with Crippen LogP contribution in [0.2, 0.25) is 10.0 Å². The van der Waals surface area contributed by atoms with Crippen LogP contribution >= 0.6 is 46.4 Å². The summed E-state index contributed by atoms with van der Waals surface area (Å²) in [5, 5.41) is 0.366. The molecular formula is C8H2Cl4O2. The molecule has 0 saturated carbocycles. The molecule has 0 radical (unpaired) electrons. The molecule has 0 bridgehead atoms. The van der Waals surface area contributed by atoms with Crippen LogP contribution in [-0.2, 0) is 9.26 Å². The van der Waals surface area contributed by atoms with E-state index in [2.05, 4.69) is 0 Å². The van der Waals surface area contributed by atoms with Crippen LogP contribution in [0.25, 0.3) is 0 Å². The van der Waals surface area contributed by atoms with E-state index >= 15 is 0 Å². The number of benzene rings is 1. The molecule has 14 heavy (non-hydrogen) atoms. The summed E-state index contributed by atoms with van der Waals surface area (Å²) in [7, 11) is 0. The van der Waals surface area contributed by atoms with Crippen molar-refractivity contribution in [2.75, 3.05) is 0 Å². The molecule has 1 aromatic carbocycles. The summed E-state index contributed by atoms with van der Waals surface area (Å²) < 4.78 is 3.04. The summed E-state index contributed by atoms with van der Waals surface area (Å²) in [6.07, 6.45) is 0. The van der Waals surface area contributed by atoms with Crippen molar-refractivity contribution in [2.24, 2.45) is 0 Å². The third kappa shape index (κ3) is 1.38. The highest BCUT2D eigenvalue weighted by Crippen LogP contribution is 2.47. The number of carbonyl (C=O) groups excluding carboxylic acids is 1. The van der Waals surface area contributed by atoms with E-state index in [0.29, 0.717) is 5.56 Å². The standard InChI is InChI=1S/C8H2Cl4O2/c9-4-2-1-3-5(6(4)10)7(13)14-8(3,11)12/h1-2H. The fraction of sp³-hybridized carbons (Fsp3) is 0.125. The normalized spacial score (nSPS) is 17.9. The molecule has 1 heterocycles. The van der Waals surface area contributed by atoms with Crippen LogP contribution in [0.4, 0.5) is 0 Å². The zero-order chi connectivity index (χ0) is 10.5. The Bertz CT molecular complexity index is 428. The van der Waals surface area contributed by atoms with E-state index < -0.39 is 10.5 Å². The van der Waals surface area contributed by atoms with Gasteiger partial charge in [0, 0.05) is 5.56 Å². The largest absolute Gasteiger partial charge is 0.421 e.